The predicted molar refractivity (Wildman–Crippen MR) is 108 cm³/mol. The Kier molecular flexibility index (Phi) is 5.64. The summed E-state index contributed by atoms with van der Waals surface area (Å²) in [5.74, 6) is -0.867. The van der Waals surface area contributed by atoms with Gasteiger partial charge >= 0.3 is 6.18 Å². The summed E-state index contributed by atoms with van der Waals surface area (Å²) in [7, 11) is 1.58. The summed E-state index contributed by atoms with van der Waals surface area (Å²) in [6, 6.07) is 4.17. The number of nitrogens with zero attached hydrogens (tertiary/aromatic N) is 4. The summed E-state index contributed by atoms with van der Waals surface area (Å²) < 4.78 is 48.1. The largest absolute Gasteiger partial charge is 0.457 e. The van der Waals surface area contributed by atoms with Crippen molar-refractivity contribution in [1.29, 1.82) is 0 Å². The molecule has 1 N–H and O–H groups in total. The molecular formula is C21H18F3N5O3. The summed E-state index contributed by atoms with van der Waals surface area (Å²) in [5, 5.41) is 6.64. The van der Waals surface area contributed by atoms with Crippen LogP contribution in [0.15, 0.2) is 46.9 Å². The van der Waals surface area contributed by atoms with Crippen molar-refractivity contribution in [2.24, 2.45) is 12.0 Å². The maximum absolute atomic E-state index is 13.8. The van der Waals surface area contributed by atoms with Crippen molar-refractivity contribution in [2.75, 3.05) is 0 Å². The number of fused-ring (bicyclic) bond motifs is 1. The molecule has 8 nitrogen and oxygen atoms in total. The number of hydrogen-bond acceptors (Lipinski definition) is 6. The molecule has 2 aliphatic heterocycles. The number of hydrogen-bond donors (Lipinski definition) is 1. The Balaban J connectivity index is 1.76. The van der Waals surface area contributed by atoms with Gasteiger partial charge in [-0.3, -0.25) is 24.2 Å². The Hall–Kier alpha value is -3.76. The number of nitrogens with one attached hydrogen (secondary N) is 1. The third-order valence-corrected chi connectivity index (χ3v) is 4.98. The topological polar surface area (TPSA) is 98.5 Å². The summed E-state index contributed by atoms with van der Waals surface area (Å²) in [6.07, 6.45) is -1.26. The fraction of sp³-hybridized carbons (Fsp3) is 0.286. The first-order chi connectivity index (χ1) is 15.2. The van der Waals surface area contributed by atoms with Crippen LogP contribution >= 0.6 is 0 Å². The minimum Gasteiger partial charge on any atom is -0.457 e. The fourth-order valence-corrected chi connectivity index (χ4v) is 3.40. The fourth-order valence-electron chi connectivity index (χ4n) is 3.40. The average molecular weight is 445 g/mol. The number of aliphatic imine (C=N–C) groups is 1. The molecular weight excluding hydrogens is 427 g/mol. The molecule has 11 heteroatoms. The van der Waals surface area contributed by atoms with Crippen molar-refractivity contribution in [3.05, 3.63) is 58.8 Å². The number of aromatic nitrogens is 3. The second kappa shape index (κ2) is 8.40. The number of carbonyl (C=O) groups is 2. The number of allylic oxidation sites excluding steroid dienone is 1. The predicted octanol–water partition coefficient (Wildman–Crippen LogP) is 2.83. The Bertz CT molecular complexity index is 1150. The molecule has 0 bridgehead atoms. The van der Waals surface area contributed by atoms with Crippen LogP contribution in [0.2, 0.25) is 0 Å². The molecule has 0 fully saturated rings. The highest BCUT2D eigenvalue weighted by Crippen LogP contribution is 2.38. The Morgan fingerprint density at radius 1 is 1.22 bits per heavy atom. The molecule has 2 aliphatic rings. The van der Waals surface area contributed by atoms with Gasteiger partial charge in [0.25, 0.3) is 0 Å². The van der Waals surface area contributed by atoms with Crippen LogP contribution in [0.3, 0.4) is 0 Å². The minimum atomic E-state index is -4.74. The number of aryl methyl sites for hydroxylation is 1. The molecule has 0 spiro atoms. The molecule has 0 saturated heterocycles. The van der Waals surface area contributed by atoms with Crippen LogP contribution in [0.25, 0.3) is 6.08 Å². The van der Waals surface area contributed by atoms with Gasteiger partial charge in [-0.25, -0.2) is 0 Å². The third kappa shape index (κ3) is 4.32. The van der Waals surface area contributed by atoms with E-state index < -0.39 is 12.3 Å². The van der Waals surface area contributed by atoms with Gasteiger partial charge in [0, 0.05) is 44.9 Å². The third-order valence-electron chi connectivity index (χ3n) is 4.98. The zero-order valence-electron chi connectivity index (χ0n) is 16.9. The van der Waals surface area contributed by atoms with Crippen LogP contribution in [-0.2, 0) is 23.1 Å². The first-order valence-corrected chi connectivity index (χ1v) is 9.71. The van der Waals surface area contributed by atoms with Gasteiger partial charge in [-0.2, -0.15) is 13.2 Å². The lowest BCUT2D eigenvalue weighted by Gasteiger charge is -2.20. The van der Waals surface area contributed by atoms with Gasteiger partial charge in [-0.15, -0.1) is 5.10 Å². The second-order valence-electron chi connectivity index (χ2n) is 7.18. The van der Waals surface area contributed by atoms with E-state index in [0.717, 1.165) is 0 Å². The zero-order valence-corrected chi connectivity index (χ0v) is 16.9. The van der Waals surface area contributed by atoms with Crippen molar-refractivity contribution >= 4 is 24.0 Å². The smallest absolute Gasteiger partial charge is 0.431 e. The van der Waals surface area contributed by atoms with E-state index in [9.17, 15) is 22.8 Å². The van der Waals surface area contributed by atoms with Crippen molar-refractivity contribution in [1.82, 2.24) is 20.1 Å². The molecule has 4 rings (SSSR count). The lowest BCUT2D eigenvalue weighted by Crippen LogP contribution is -2.27. The minimum absolute atomic E-state index is 0.00358. The highest BCUT2D eigenvalue weighted by Gasteiger charge is 2.45. The summed E-state index contributed by atoms with van der Waals surface area (Å²) >= 11 is 0. The average Bonchev–Trinajstić information content (AvgIpc) is 2.91. The van der Waals surface area contributed by atoms with Gasteiger partial charge < -0.3 is 10.1 Å². The number of Topliss-reactive ketones (excluding diaryl/α,β-unsaturated/α-hetero) is 1. The molecule has 1 atom stereocenters. The van der Waals surface area contributed by atoms with Crippen molar-refractivity contribution in [3.63, 3.8) is 0 Å². The van der Waals surface area contributed by atoms with Crippen LogP contribution in [-0.4, -0.2) is 38.8 Å². The van der Waals surface area contributed by atoms with Crippen molar-refractivity contribution in [2.45, 2.75) is 31.5 Å². The lowest BCUT2D eigenvalue weighted by atomic mass is 10.0. The number of amides is 1. The number of pyridine rings is 1. The first-order valence-electron chi connectivity index (χ1n) is 9.71. The SMILES string of the molecule is Cn1nc(O[C@@H](c2ccccn2)C(F)(F)F)c2c1CC=NC(C1=CNC(=O)CCC1=O)=C2. The van der Waals surface area contributed by atoms with Gasteiger partial charge in [0.2, 0.25) is 17.9 Å². The van der Waals surface area contributed by atoms with E-state index in [2.05, 4.69) is 20.4 Å². The van der Waals surface area contributed by atoms with Crippen LogP contribution in [0.1, 0.15) is 35.9 Å². The Morgan fingerprint density at radius 2 is 2.03 bits per heavy atom. The lowest BCUT2D eigenvalue weighted by molar-refractivity contribution is -0.199. The van der Waals surface area contributed by atoms with Crippen LogP contribution in [0.5, 0.6) is 5.88 Å². The van der Waals surface area contributed by atoms with Gasteiger partial charge in [-0.05, 0) is 18.2 Å². The van der Waals surface area contributed by atoms with Crippen LogP contribution < -0.4 is 10.1 Å². The molecule has 0 aliphatic carbocycles. The maximum Gasteiger partial charge on any atom is 0.431 e. The Labute approximate surface area is 180 Å². The first kappa shape index (κ1) is 21.5. The standard InChI is InChI=1S/C21H18F3N5O3/c1-29-16-7-9-26-15(13-11-27-18(31)6-5-17(13)30)10-12(16)20(28-29)32-19(21(22,23)24)14-4-2-3-8-25-14/h2-4,8-11,19H,5-7H2,1H3,(H,27,31)/t19-/m0/s1. The molecule has 1 amide bonds. The van der Waals surface area contributed by atoms with E-state index in [1.54, 1.807) is 7.05 Å². The van der Waals surface area contributed by atoms with Crippen molar-refractivity contribution in [3.8, 4) is 5.88 Å². The van der Waals surface area contributed by atoms with Gasteiger partial charge in [0.05, 0.1) is 28.2 Å². The number of rotatable bonds is 4. The molecule has 0 radical (unpaired) electrons. The van der Waals surface area contributed by atoms with Crippen LogP contribution in [0.4, 0.5) is 13.2 Å². The van der Waals surface area contributed by atoms with Gasteiger partial charge in [0.1, 0.15) is 0 Å². The number of ketones is 1. The quantitative estimate of drug-likeness (QED) is 0.781. The summed E-state index contributed by atoms with van der Waals surface area (Å²) in [5.41, 5.74) is 0.890. The molecule has 32 heavy (non-hydrogen) atoms. The molecule has 166 valence electrons. The highest BCUT2D eigenvalue weighted by atomic mass is 19.4. The number of carbonyl (C=O) groups excluding carboxylic acids is 2. The van der Waals surface area contributed by atoms with E-state index in [1.165, 1.54) is 47.6 Å². The van der Waals surface area contributed by atoms with Gasteiger partial charge in [-0.1, -0.05) is 6.07 Å². The van der Waals surface area contributed by atoms with Crippen LogP contribution in [0, 0.1) is 0 Å². The maximum atomic E-state index is 13.8. The van der Waals surface area contributed by atoms with E-state index in [-0.39, 0.29) is 59.4 Å². The zero-order chi connectivity index (χ0) is 22.9. The van der Waals surface area contributed by atoms with E-state index in [0.29, 0.717) is 5.69 Å². The van der Waals surface area contributed by atoms with E-state index in [4.69, 9.17) is 4.74 Å². The van der Waals surface area contributed by atoms with E-state index >= 15 is 0 Å². The summed E-state index contributed by atoms with van der Waals surface area (Å²) in [4.78, 5) is 32.2. The van der Waals surface area contributed by atoms with Crippen molar-refractivity contribution < 1.29 is 27.5 Å². The number of halogens is 3. The highest BCUT2D eigenvalue weighted by molar-refractivity contribution is 6.04. The molecule has 2 aromatic rings. The van der Waals surface area contributed by atoms with E-state index in [1.807, 2.05) is 0 Å². The summed E-state index contributed by atoms with van der Waals surface area (Å²) in [6.45, 7) is 0. The molecule has 0 aromatic carbocycles. The second-order valence-corrected chi connectivity index (χ2v) is 7.18. The number of alkyl halides is 3. The number of ether oxygens (including phenoxy) is 1. The monoisotopic (exact) mass is 445 g/mol. The normalized spacial score (nSPS) is 17.5. The molecule has 0 unspecified atom stereocenters. The molecule has 0 saturated carbocycles. The van der Waals surface area contributed by atoms with Gasteiger partial charge in [0.15, 0.2) is 5.78 Å². The molecule has 4 heterocycles. The Morgan fingerprint density at radius 3 is 2.75 bits per heavy atom. The molecule has 2 aromatic heterocycles.